The Balaban J connectivity index is 1.16. The summed E-state index contributed by atoms with van der Waals surface area (Å²) >= 11 is 0. The number of hydrogen-bond donors (Lipinski definition) is 0. The van der Waals surface area contributed by atoms with Crippen molar-refractivity contribution in [3.05, 3.63) is 42.0 Å². The van der Waals surface area contributed by atoms with E-state index in [0.29, 0.717) is 36.9 Å². The standard InChI is InChI=1S/C23H31N5O3/c1-18-24-21(31-25-18)7-8-22(29)27-11-9-19(10-12-27)17-23(30)28-15-13-26(14-16-28)20-5-3-2-4-6-20/h2-6,19H,7-17H2,1H3. The third-order valence-corrected chi connectivity index (χ3v) is 6.31. The molecule has 31 heavy (non-hydrogen) atoms. The number of rotatable bonds is 6. The van der Waals surface area contributed by atoms with Gasteiger partial charge in [0.2, 0.25) is 17.7 Å². The van der Waals surface area contributed by atoms with Gasteiger partial charge in [-0.05, 0) is 37.8 Å². The predicted octanol–water partition coefficient (Wildman–Crippen LogP) is 2.29. The van der Waals surface area contributed by atoms with Crippen molar-refractivity contribution < 1.29 is 14.1 Å². The Morgan fingerprint density at radius 2 is 1.65 bits per heavy atom. The first kappa shape index (κ1) is 21.3. The monoisotopic (exact) mass is 425 g/mol. The molecule has 1 aromatic heterocycles. The molecule has 0 saturated carbocycles. The molecule has 3 heterocycles. The molecule has 2 fully saturated rings. The van der Waals surface area contributed by atoms with Crippen LogP contribution < -0.4 is 4.90 Å². The second-order valence-corrected chi connectivity index (χ2v) is 8.47. The summed E-state index contributed by atoms with van der Waals surface area (Å²) < 4.78 is 5.08. The number of anilines is 1. The van der Waals surface area contributed by atoms with Crippen LogP contribution >= 0.6 is 0 Å². The van der Waals surface area contributed by atoms with Gasteiger partial charge in [-0.1, -0.05) is 23.4 Å². The molecule has 1 aromatic carbocycles. The van der Waals surface area contributed by atoms with Crippen LogP contribution in [0.25, 0.3) is 0 Å². The maximum atomic E-state index is 12.8. The number of carbonyl (C=O) groups excluding carboxylic acids is 2. The molecule has 2 amide bonds. The van der Waals surface area contributed by atoms with Crippen LogP contribution in [0.3, 0.4) is 0 Å². The summed E-state index contributed by atoms with van der Waals surface area (Å²) in [6, 6.07) is 10.4. The smallest absolute Gasteiger partial charge is 0.227 e. The molecule has 4 rings (SSSR count). The quantitative estimate of drug-likeness (QED) is 0.706. The number of piperazine rings is 1. The lowest BCUT2D eigenvalue weighted by molar-refractivity contribution is -0.134. The van der Waals surface area contributed by atoms with Crippen LogP contribution in [0.5, 0.6) is 0 Å². The van der Waals surface area contributed by atoms with Gasteiger partial charge in [-0.2, -0.15) is 4.98 Å². The molecular weight excluding hydrogens is 394 g/mol. The average molecular weight is 426 g/mol. The molecule has 0 atom stereocenters. The van der Waals surface area contributed by atoms with Crippen LogP contribution in [0.2, 0.25) is 0 Å². The molecule has 2 aromatic rings. The third kappa shape index (κ3) is 5.62. The first-order chi connectivity index (χ1) is 15.1. The van der Waals surface area contributed by atoms with Gasteiger partial charge in [-0.3, -0.25) is 9.59 Å². The van der Waals surface area contributed by atoms with Crippen LogP contribution in [0.4, 0.5) is 5.69 Å². The summed E-state index contributed by atoms with van der Waals surface area (Å²) in [6.45, 7) is 6.53. The third-order valence-electron chi connectivity index (χ3n) is 6.31. The zero-order valence-electron chi connectivity index (χ0n) is 18.2. The van der Waals surface area contributed by atoms with Crippen LogP contribution in [0, 0.1) is 12.8 Å². The Bertz CT molecular complexity index is 868. The molecule has 8 heteroatoms. The molecule has 2 aliphatic rings. The minimum absolute atomic E-state index is 0.123. The Labute approximate surface area is 183 Å². The molecule has 0 aliphatic carbocycles. The average Bonchev–Trinajstić information content (AvgIpc) is 3.23. The molecule has 2 saturated heterocycles. The van der Waals surface area contributed by atoms with Crippen molar-refractivity contribution in [3.63, 3.8) is 0 Å². The zero-order chi connectivity index (χ0) is 21.6. The normalized spacial score (nSPS) is 17.8. The van der Waals surface area contributed by atoms with Gasteiger partial charge in [0, 0.05) is 64.2 Å². The molecule has 0 spiro atoms. The highest BCUT2D eigenvalue weighted by Crippen LogP contribution is 2.23. The highest BCUT2D eigenvalue weighted by atomic mass is 16.5. The Morgan fingerprint density at radius 3 is 2.29 bits per heavy atom. The van der Waals surface area contributed by atoms with Crippen molar-refractivity contribution >= 4 is 17.5 Å². The van der Waals surface area contributed by atoms with E-state index in [-0.39, 0.29) is 11.8 Å². The molecule has 0 bridgehead atoms. The molecule has 0 N–H and O–H groups in total. The van der Waals surface area contributed by atoms with Gasteiger partial charge in [-0.25, -0.2) is 0 Å². The lowest BCUT2D eigenvalue weighted by atomic mass is 9.92. The Kier molecular flexibility index (Phi) is 6.84. The van der Waals surface area contributed by atoms with E-state index in [4.69, 9.17) is 4.52 Å². The number of carbonyl (C=O) groups is 2. The molecule has 166 valence electrons. The van der Waals surface area contributed by atoms with Gasteiger partial charge in [0.1, 0.15) is 0 Å². The summed E-state index contributed by atoms with van der Waals surface area (Å²) in [4.78, 5) is 35.6. The van der Waals surface area contributed by atoms with Gasteiger partial charge in [0.05, 0.1) is 0 Å². The number of aromatic nitrogens is 2. The lowest BCUT2D eigenvalue weighted by Crippen LogP contribution is -2.49. The zero-order valence-corrected chi connectivity index (χ0v) is 18.2. The van der Waals surface area contributed by atoms with Gasteiger partial charge in [0.25, 0.3) is 0 Å². The largest absolute Gasteiger partial charge is 0.368 e. The highest BCUT2D eigenvalue weighted by molar-refractivity contribution is 5.77. The summed E-state index contributed by atoms with van der Waals surface area (Å²) in [6.07, 6.45) is 3.24. The van der Waals surface area contributed by atoms with Crippen molar-refractivity contribution in [2.45, 2.75) is 39.0 Å². The van der Waals surface area contributed by atoms with E-state index in [1.807, 2.05) is 15.9 Å². The Hall–Kier alpha value is -2.90. The SMILES string of the molecule is Cc1noc(CCC(=O)N2CCC(CC(=O)N3CCN(c4ccccc4)CC3)CC2)n1. The van der Waals surface area contributed by atoms with Crippen molar-refractivity contribution in [2.75, 3.05) is 44.2 Å². The van der Waals surface area contributed by atoms with Gasteiger partial charge in [-0.15, -0.1) is 0 Å². The number of hydrogen-bond acceptors (Lipinski definition) is 6. The van der Waals surface area contributed by atoms with Gasteiger partial charge >= 0.3 is 0 Å². The van der Waals surface area contributed by atoms with E-state index in [9.17, 15) is 9.59 Å². The molecule has 8 nitrogen and oxygen atoms in total. The summed E-state index contributed by atoms with van der Waals surface area (Å²) in [5.74, 6) is 1.84. The molecular formula is C23H31N5O3. The number of amides is 2. The van der Waals surface area contributed by atoms with E-state index in [1.165, 1.54) is 5.69 Å². The van der Waals surface area contributed by atoms with Crippen molar-refractivity contribution in [3.8, 4) is 0 Å². The topological polar surface area (TPSA) is 82.8 Å². The molecule has 0 radical (unpaired) electrons. The number of para-hydroxylation sites is 1. The van der Waals surface area contributed by atoms with Crippen molar-refractivity contribution in [2.24, 2.45) is 5.92 Å². The maximum absolute atomic E-state index is 12.8. The first-order valence-electron chi connectivity index (χ1n) is 11.2. The summed E-state index contributed by atoms with van der Waals surface area (Å²) in [5.41, 5.74) is 1.22. The van der Waals surface area contributed by atoms with E-state index in [2.05, 4.69) is 39.3 Å². The highest BCUT2D eigenvalue weighted by Gasteiger charge is 2.27. The summed E-state index contributed by atoms with van der Waals surface area (Å²) in [7, 11) is 0. The number of piperidine rings is 1. The van der Waals surface area contributed by atoms with Crippen molar-refractivity contribution in [1.82, 2.24) is 19.9 Å². The van der Waals surface area contributed by atoms with Crippen molar-refractivity contribution in [1.29, 1.82) is 0 Å². The lowest BCUT2D eigenvalue weighted by Gasteiger charge is -2.37. The Morgan fingerprint density at radius 1 is 0.968 bits per heavy atom. The molecule has 0 unspecified atom stereocenters. The molecule has 2 aliphatic heterocycles. The maximum Gasteiger partial charge on any atom is 0.227 e. The summed E-state index contributed by atoms with van der Waals surface area (Å²) in [5, 5.41) is 3.75. The van der Waals surface area contributed by atoms with E-state index < -0.39 is 0 Å². The van der Waals surface area contributed by atoms with Crippen LogP contribution in [-0.2, 0) is 16.0 Å². The number of aryl methyl sites for hydroxylation is 2. The number of likely N-dealkylation sites (tertiary alicyclic amines) is 1. The fourth-order valence-electron chi connectivity index (χ4n) is 4.43. The minimum Gasteiger partial charge on any atom is -0.368 e. The number of nitrogens with zero attached hydrogens (tertiary/aromatic N) is 5. The number of benzene rings is 1. The minimum atomic E-state index is 0.123. The van der Waals surface area contributed by atoms with Crippen LogP contribution in [0.1, 0.15) is 37.4 Å². The van der Waals surface area contributed by atoms with E-state index >= 15 is 0 Å². The fraction of sp³-hybridized carbons (Fsp3) is 0.565. The van der Waals surface area contributed by atoms with Gasteiger partial charge in [0.15, 0.2) is 5.82 Å². The van der Waals surface area contributed by atoms with Gasteiger partial charge < -0.3 is 19.2 Å². The van der Waals surface area contributed by atoms with E-state index in [1.54, 1.807) is 6.92 Å². The second-order valence-electron chi connectivity index (χ2n) is 8.47. The van der Waals surface area contributed by atoms with Crippen LogP contribution in [0.15, 0.2) is 34.9 Å². The predicted molar refractivity (Wildman–Crippen MR) is 117 cm³/mol. The second kappa shape index (κ2) is 9.94. The first-order valence-corrected chi connectivity index (χ1v) is 11.2. The van der Waals surface area contributed by atoms with E-state index in [0.717, 1.165) is 52.1 Å². The van der Waals surface area contributed by atoms with Crippen LogP contribution in [-0.4, -0.2) is 71.0 Å². The fourth-order valence-corrected chi connectivity index (χ4v) is 4.43.